The van der Waals surface area contributed by atoms with E-state index in [9.17, 15) is 0 Å². The van der Waals surface area contributed by atoms with E-state index in [2.05, 4.69) is 46.4 Å². The quantitative estimate of drug-likeness (QED) is 0.750. The zero-order valence-electron chi connectivity index (χ0n) is 11.0. The second-order valence-corrected chi connectivity index (χ2v) is 6.94. The molecule has 0 bridgehead atoms. The lowest BCUT2D eigenvalue weighted by atomic mass is 10.1. The Balaban J connectivity index is 1.87. The van der Waals surface area contributed by atoms with Crippen LogP contribution >= 0.6 is 27.7 Å². The summed E-state index contributed by atoms with van der Waals surface area (Å²) < 4.78 is 1.24. The molecule has 0 radical (unpaired) electrons. The number of hydrogen-bond donors (Lipinski definition) is 1. The van der Waals surface area contributed by atoms with E-state index in [1.54, 1.807) is 0 Å². The Bertz CT molecular complexity index is 375. The monoisotopic (exact) mass is 327 g/mol. The van der Waals surface area contributed by atoms with Crippen molar-refractivity contribution < 1.29 is 0 Å². The lowest BCUT2D eigenvalue weighted by Gasteiger charge is -2.10. The Morgan fingerprint density at radius 2 is 2.11 bits per heavy atom. The van der Waals surface area contributed by atoms with Gasteiger partial charge in [-0.2, -0.15) is 0 Å². The van der Waals surface area contributed by atoms with Crippen LogP contribution in [0.25, 0.3) is 0 Å². The SMILES string of the molecule is CCNCc1ccc(SCC2CCCC2)cc1Br. The van der Waals surface area contributed by atoms with Gasteiger partial charge in [-0.25, -0.2) is 0 Å². The highest BCUT2D eigenvalue weighted by Crippen LogP contribution is 2.32. The van der Waals surface area contributed by atoms with E-state index in [4.69, 9.17) is 0 Å². The second-order valence-electron chi connectivity index (χ2n) is 5.00. The van der Waals surface area contributed by atoms with Gasteiger partial charge in [0, 0.05) is 21.7 Å². The summed E-state index contributed by atoms with van der Waals surface area (Å²) in [6.45, 7) is 4.11. The molecule has 0 aromatic heterocycles. The minimum Gasteiger partial charge on any atom is -0.313 e. The largest absolute Gasteiger partial charge is 0.313 e. The van der Waals surface area contributed by atoms with Crippen molar-refractivity contribution in [3.05, 3.63) is 28.2 Å². The molecule has 1 aromatic carbocycles. The first kappa shape index (κ1) is 14.4. The van der Waals surface area contributed by atoms with Crippen LogP contribution in [0.4, 0.5) is 0 Å². The van der Waals surface area contributed by atoms with Crippen LogP contribution in [0.3, 0.4) is 0 Å². The molecule has 0 atom stereocenters. The molecule has 0 aliphatic heterocycles. The third kappa shape index (κ3) is 4.29. The molecule has 0 spiro atoms. The Labute approximate surface area is 123 Å². The summed E-state index contributed by atoms with van der Waals surface area (Å²) in [6.07, 6.45) is 5.76. The highest BCUT2D eigenvalue weighted by Gasteiger charge is 2.15. The Hall–Kier alpha value is 0.01000. The topological polar surface area (TPSA) is 12.0 Å². The average Bonchev–Trinajstić information content (AvgIpc) is 2.88. The van der Waals surface area contributed by atoms with E-state index < -0.39 is 0 Å². The molecule has 1 fully saturated rings. The fraction of sp³-hybridized carbons (Fsp3) is 0.600. The number of nitrogens with one attached hydrogen (secondary N) is 1. The summed E-state index contributed by atoms with van der Waals surface area (Å²) >= 11 is 5.69. The summed E-state index contributed by atoms with van der Waals surface area (Å²) in [5.74, 6) is 2.24. The number of benzene rings is 1. The molecule has 1 nitrogen and oxygen atoms in total. The van der Waals surface area contributed by atoms with Gasteiger partial charge in [-0.1, -0.05) is 41.8 Å². The third-order valence-electron chi connectivity index (χ3n) is 3.55. The summed E-state index contributed by atoms with van der Waals surface area (Å²) in [4.78, 5) is 1.40. The molecule has 0 unspecified atom stereocenters. The molecule has 0 amide bonds. The number of halogens is 1. The van der Waals surface area contributed by atoms with E-state index in [0.29, 0.717) is 0 Å². The summed E-state index contributed by atoms with van der Waals surface area (Å²) in [5.41, 5.74) is 1.35. The van der Waals surface area contributed by atoms with Gasteiger partial charge in [-0.15, -0.1) is 11.8 Å². The first-order valence-electron chi connectivity index (χ1n) is 6.91. The van der Waals surface area contributed by atoms with Crippen LogP contribution in [0, 0.1) is 5.92 Å². The predicted octanol–water partition coefficient (Wildman–Crippen LogP) is 4.84. The van der Waals surface area contributed by atoms with Crippen LogP contribution < -0.4 is 5.32 Å². The van der Waals surface area contributed by atoms with Crippen molar-refractivity contribution in [2.45, 2.75) is 44.0 Å². The van der Waals surface area contributed by atoms with Gasteiger partial charge in [0.05, 0.1) is 0 Å². The van der Waals surface area contributed by atoms with E-state index in [1.165, 1.54) is 46.4 Å². The fourth-order valence-electron chi connectivity index (χ4n) is 2.41. The lowest BCUT2D eigenvalue weighted by molar-refractivity contribution is 0.623. The molecule has 1 saturated carbocycles. The van der Waals surface area contributed by atoms with Gasteiger partial charge in [0.25, 0.3) is 0 Å². The van der Waals surface area contributed by atoms with Gasteiger partial charge in [0.2, 0.25) is 0 Å². The Morgan fingerprint density at radius 1 is 1.33 bits per heavy atom. The minimum atomic E-state index is 0.949. The van der Waals surface area contributed by atoms with E-state index in [-0.39, 0.29) is 0 Å². The summed E-state index contributed by atoms with van der Waals surface area (Å²) in [5, 5.41) is 3.36. The van der Waals surface area contributed by atoms with Gasteiger partial charge >= 0.3 is 0 Å². The van der Waals surface area contributed by atoms with Crippen molar-refractivity contribution in [3.8, 4) is 0 Å². The zero-order valence-corrected chi connectivity index (χ0v) is 13.4. The molecule has 2 rings (SSSR count). The second kappa shape index (κ2) is 7.56. The molecule has 18 heavy (non-hydrogen) atoms. The zero-order chi connectivity index (χ0) is 12.8. The molecule has 0 saturated heterocycles. The summed E-state index contributed by atoms with van der Waals surface area (Å²) in [7, 11) is 0. The summed E-state index contributed by atoms with van der Waals surface area (Å²) in [6, 6.07) is 6.77. The maximum absolute atomic E-state index is 3.68. The van der Waals surface area contributed by atoms with Crippen LogP contribution in [0.15, 0.2) is 27.6 Å². The lowest BCUT2D eigenvalue weighted by Crippen LogP contribution is -2.12. The highest BCUT2D eigenvalue weighted by molar-refractivity contribution is 9.10. The molecule has 0 heterocycles. The molecule has 1 aromatic rings. The van der Waals surface area contributed by atoms with Crippen molar-refractivity contribution in [3.63, 3.8) is 0 Å². The molecule has 1 aliphatic carbocycles. The van der Waals surface area contributed by atoms with Crippen LogP contribution in [0.2, 0.25) is 0 Å². The smallest absolute Gasteiger partial charge is 0.0231 e. The first-order valence-corrected chi connectivity index (χ1v) is 8.69. The van der Waals surface area contributed by atoms with Crippen LogP contribution in [0.5, 0.6) is 0 Å². The van der Waals surface area contributed by atoms with Crippen molar-refractivity contribution in [1.82, 2.24) is 5.32 Å². The van der Waals surface area contributed by atoms with Crippen molar-refractivity contribution >= 4 is 27.7 Å². The normalized spacial score (nSPS) is 16.3. The standard InChI is InChI=1S/C15H22BrNS/c1-2-17-10-13-7-8-14(9-15(13)16)18-11-12-5-3-4-6-12/h7-9,12,17H,2-6,10-11H2,1H3. The molecular formula is C15H22BrNS. The predicted molar refractivity (Wildman–Crippen MR) is 84.2 cm³/mol. The number of rotatable bonds is 6. The van der Waals surface area contributed by atoms with Gasteiger partial charge in [0.15, 0.2) is 0 Å². The Morgan fingerprint density at radius 3 is 2.78 bits per heavy atom. The van der Waals surface area contributed by atoms with Crippen molar-refractivity contribution in [2.24, 2.45) is 5.92 Å². The van der Waals surface area contributed by atoms with E-state index >= 15 is 0 Å². The number of hydrogen-bond acceptors (Lipinski definition) is 2. The van der Waals surface area contributed by atoms with Crippen LogP contribution in [-0.4, -0.2) is 12.3 Å². The third-order valence-corrected chi connectivity index (χ3v) is 5.51. The average molecular weight is 328 g/mol. The van der Waals surface area contributed by atoms with E-state index in [1.807, 2.05) is 11.8 Å². The van der Waals surface area contributed by atoms with Crippen molar-refractivity contribution in [2.75, 3.05) is 12.3 Å². The Kier molecular flexibility index (Phi) is 6.06. The highest BCUT2D eigenvalue weighted by atomic mass is 79.9. The first-order chi connectivity index (χ1) is 8.79. The van der Waals surface area contributed by atoms with Gasteiger partial charge < -0.3 is 5.32 Å². The molecular weight excluding hydrogens is 306 g/mol. The molecule has 1 aliphatic rings. The molecule has 100 valence electrons. The van der Waals surface area contributed by atoms with Gasteiger partial charge in [-0.05, 0) is 43.0 Å². The van der Waals surface area contributed by atoms with Gasteiger partial charge in [0.1, 0.15) is 0 Å². The number of thioether (sulfide) groups is 1. The van der Waals surface area contributed by atoms with E-state index in [0.717, 1.165) is 19.0 Å². The maximum atomic E-state index is 3.68. The maximum Gasteiger partial charge on any atom is 0.0231 e. The minimum absolute atomic E-state index is 0.949. The van der Waals surface area contributed by atoms with Crippen LogP contribution in [0.1, 0.15) is 38.2 Å². The van der Waals surface area contributed by atoms with Crippen LogP contribution in [-0.2, 0) is 6.54 Å². The molecule has 3 heteroatoms. The van der Waals surface area contributed by atoms with Gasteiger partial charge in [-0.3, -0.25) is 0 Å². The van der Waals surface area contributed by atoms with Crippen molar-refractivity contribution in [1.29, 1.82) is 0 Å². The fourth-order valence-corrected chi connectivity index (χ4v) is 4.21. The molecule has 1 N–H and O–H groups in total.